The SMILES string of the molecule is COc1cccc(CCNC(=O)c2ccc(-n3nc(-c4cccc(C)c4)cc3N)cc2)c1. The minimum absolute atomic E-state index is 0.117. The Hall–Kier alpha value is -4.06. The molecule has 4 aromatic rings. The van der Waals surface area contributed by atoms with Crippen molar-refractivity contribution in [2.45, 2.75) is 13.3 Å². The van der Waals surface area contributed by atoms with Gasteiger partial charge in [0.25, 0.3) is 5.91 Å². The van der Waals surface area contributed by atoms with Crippen molar-refractivity contribution in [2.75, 3.05) is 19.4 Å². The minimum Gasteiger partial charge on any atom is -0.497 e. The van der Waals surface area contributed by atoms with Gasteiger partial charge in [0.15, 0.2) is 0 Å². The van der Waals surface area contributed by atoms with Gasteiger partial charge in [0.1, 0.15) is 11.6 Å². The molecule has 0 bridgehead atoms. The fourth-order valence-corrected chi connectivity index (χ4v) is 3.55. The van der Waals surface area contributed by atoms with Gasteiger partial charge in [0.2, 0.25) is 0 Å². The van der Waals surface area contributed by atoms with E-state index in [0.29, 0.717) is 17.9 Å². The summed E-state index contributed by atoms with van der Waals surface area (Å²) < 4.78 is 6.92. The molecule has 1 heterocycles. The molecule has 0 saturated heterocycles. The number of nitrogens with one attached hydrogen (secondary N) is 1. The second-order valence-corrected chi connectivity index (χ2v) is 7.64. The number of methoxy groups -OCH3 is 1. The summed E-state index contributed by atoms with van der Waals surface area (Å²) in [6, 6.07) is 25.1. The summed E-state index contributed by atoms with van der Waals surface area (Å²) >= 11 is 0. The summed E-state index contributed by atoms with van der Waals surface area (Å²) in [6.45, 7) is 2.59. The molecular formula is C26H26N4O2. The fourth-order valence-electron chi connectivity index (χ4n) is 3.55. The van der Waals surface area contributed by atoms with E-state index in [1.807, 2.05) is 67.6 Å². The van der Waals surface area contributed by atoms with Gasteiger partial charge in [-0.2, -0.15) is 5.10 Å². The molecule has 0 saturated carbocycles. The molecule has 0 aliphatic heterocycles. The van der Waals surface area contributed by atoms with Gasteiger partial charge in [0, 0.05) is 23.7 Å². The van der Waals surface area contributed by atoms with Gasteiger partial charge < -0.3 is 15.8 Å². The maximum Gasteiger partial charge on any atom is 0.251 e. The van der Waals surface area contributed by atoms with Crippen molar-refractivity contribution >= 4 is 11.7 Å². The molecule has 0 atom stereocenters. The van der Waals surface area contributed by atoms with E-state index in [-0.39, 0.29) is 5.91 Å². The molecule has 1 aromatic heterocycles. The third-order valence-electron chi connectivity index (χ3n) is 5.26. The van der Waals surface area contributed by atoms with E-state index in [2.05, 4.69) is 16.5 Å². The molecule has 6 nitrogen and oxygen atoms in total. The summed E-state index contributed by atoms with van der Waals surface area (Å²) in [5, 5.41) is 7.60. The van der Waals surface area contributed by atoms with Crippen LogP contribution in [0.5, 0.6) is 5.75 Å². The largest absolute Gasteiger partial charge is 0.497 e. The van der Waals surface area contributed by atoms with Crippen LogP contribution in [0.4, 0.5) is 5.82 Å². The number of aryl methyl sites for hydroxylation is 1. The predicted molar refractivity (Wildman–Crippen MR) is 127 cm³/mol. The summed E-state index contributed by atoms with van der Waals surface area (Å²) in [4.78, 5) is 12.5. The molecule has 0 fully saturated rings. The highest BCUT2D eigenvalue weighted by Gasteiger charge is 2.11. The lowest BCUT2D eigenvalue weighted by Gasteiger charge is -2.08. The molecular weight excluding hydrogens is 400 g/mol. The first-order chi connectivity index (χ1) is 15.5. The van der Waals surface area contributed by atoms with E-state index >= 15 is 0 Å². The number of carbonyl (C=O) groups is 1. The average molecular weight is 427 g/mol. The number of anilines is 1. The topological polar surface area (TPSA) is 82.2 Å². The van der Waals surface area contributed by atoms with Gasteiger partial charge in [-0.05, 0) is 61.4 Å². The lowest BCUT2D eigenvalue weighted by molar-refractivity contribution is 0.0954. The number of rotatable bonds is 7. The Bertz CT molecular complexity index is 1230. The van der Waals surface area contributed by atoms with E-state index in [1.54, 1.807) is 23.9 Å². The lowest BCUT2D eigenvalue weighted by Crippen LogP contribution is -2.25. The first-order valence-corrected chi connectivity index (χ1v) is 10.5. The molecule has 162 valence electrons. The predicted octanol–water partition coefficient (Wildman–Crippen LogP) is 4.41. The highest BCUT2D eigenvalue weighted by atomic mass is 16.5. The molecule has 3 N–H and O–H groups in total. The van der Waals surface area contributed by atoms with Crippen LogP contribution in [0.1, 0.15) is 21.5 Å². The molecule has 0 aliphatic rings. The van der Waals surface area contributed by atoms with E-state index in [4.69, 9.17) is 10.5 Å². The number of aromatic nitrogens is 2. The Morgan fingerprint density at radius 3 is 2.56 bits per heavy atom. The number of carbonyl (C=O) groups excluding carboxylic acids is 1. The van der Waals surface area contributed by atoms with Gasteiger partial charge in [-0.1, -0.05) is 35.9 Å². The summed E-state index contributed by atoms with van der Waals surface area (Å²) in [7, 11) is 1.64. The zero-order chi connectivity index (χ0) is 22.5. The van der Waals surface area contributed by atoms with Crippen molar-refractivity contribution in [1.29, 1.82) is 0 Å². The van der Waals surface area contributed by atoms with Crippen molar-refractivity contribution in [1.82, 2.24) is 15.1 Å². The van der Waals surface area contributed by atoms with Crippen LogP contribution in [0.3, 0.4) is 0 Å². The Labute approximate surface area is 187 Å². The summed E-state index contributed by atoms with van der Waals surface area (Å²) in [5.74, 6) is 1.23. The zero-order valence-corrected chi connectivity index (χ0v) is 18.2. The van der Waals surface area contributed by atoms with Crippen LogP contribution < -0.4 is 15.8 Å². The Balaban J connectivity index is 1.41. The van der Waals surface area contributed by atoms with E-state index < -0.39 is 0 Å². The van der Waals surface area contributed by atoms with Crippen LogP contribution in [0, 0.1) is 6.92 Å². The third-order valence-corrected chi connectivity index (χ3v) is 5.26. The Kier molecular flexibility index (Phi) is 6.22. The highest BCUT2D eigenvalue weighted by Crippen LogP contribution is 2.24. The molecule has 3 aromatic carbocycles. The average Bonchev–Trinajstić information content (AvgIpc) is 3.21. The van der Waals surface area contributed by atoms with Crippen LogP contribution in [-0.2, 0) is 6.42 Å². The van der Waals surface area contributed by atoms with E-state index in [1.165, 1.54) is 0 Å². The van der Waals surface area contributed by atoms with Crippen LogP contribution in [0.25, 0.3) is 16.9 Å². The normalized spacial score (nSPS) is 10.7. The van der Waals surface area contributed by atoms with Gasteiger partial charge in [-0.15, -0.1) is 0 Å². The van der Waals surface area contributed by atoms with E-state index in [9.17, 15) is 4.79 Å². The minimum atomic E-state index is -0.117. The summed E-state index contributed by atoms with van der Waals surface area (Å²) in [6.07, 6.45) is 0.729. The van der Waals surface area contributed by atoms with E-state index in [0.717, 1.165) is 40.2 Å². The number of hydrogen-bond acceptors (Lipinski definition) is 4. The maximum atomic E-state index is 12.5. The van der Waals surface area contributed by atoms with Gasteiger partial charge in [-0.3, -0.25) is 4.79 Å². The standard InChI is InChI=1S/C26H26N4O2/c1-18-5-3-7-21(15-18)24-17-25(27)30(29-24)22-11-9-20(10-12-22)26(31)28-14-13-19-6-4-8-23(16-19)32-2/h3-12,15-17H,13-14,27H2,1-2H3,(H,28,31). The first kappa shape index (κ1) is 21.2. The number of nitrogens with zero attached hydrogens (tertiary/aromatic N) is 2. The molecule has 1 amide bonds. The number of amides is 1. The van der Waals surface area contributed by atoms with Crippen LogP contribution >= 0.6 is 0 Å². The third kappa shape index (κ3) is 4.81. The van der Waals surface area contributed by atoms with Crippen molar-refractivity contribution in [3.63, 3.8) is 0 Å². The van der Waals surface area contributed by atoms with Crippen molar-refractivity contribution in [2.24, 2.45) is 0 Å². The number of benzene rings is 3. The van der Waals surface area contributed by atoms with Crippen molar-refractivity contribution < 1.29 is 9.53 Å². The first-order valence-electron chi connectivity index (χ1n) is 10.5. The van der Waals surface area contributed by atoms with Crippen molar-refractivity contribution in [3.8, 4) is 22.7 Å². The molecule has 0 unspecified atom stereocenters. The summed E-state index contributed by atoms with van der Waals surface area (Å²) in [5.41, 5.74) is 11.7. The smallest absolute Gasteiger partial charge is 0.251 e. The molecule has 6 heteroatoms. The number of nitrogens with two attached hydrogens (primary N) is 1. The molecule has 4 rings (SSSR count). The second-order valence-electron chi connectivity index (χ2n) is 7.64. The molecule has 0 aliphatic carbocycles. The molecule has 0 spiro atoms. The van der Waals surface area contributed by atoms with Gasteiger partial charge in [-0.25, -0.2) is 4.68 Å². The number of ether oxygens (including phenoxy) is 1. The van der Waals surface area contributed by atoms with Gasteiger partial charge >= 0.3 is 0 Å². The van der Waals surface area contributed by atoms with Gasteiger partial charge in [0.05, 0.1) is 18.5 Å². The number of nitrogen functional groups attached to an aromatic ring is 1. The maximum absolute atomic E-state index is 12.5. The highest BCUT2D eigenvalue weighted by molar-refractivity contribution is 5.94. The quantitative estimate of drug-likeness (QED) is 0.459. The molecule has 32 heavy (non-hydrogen) atoms. The lowest BCUT2D eigenvalue weighted by atomic mass is 10.1. The van der Waals surface area contributed by atoms with Crippen LogP contribution in [-0.4, -0.2) is 29.3 Å². The fraction of sp³-hybridized carbons (Fsp3) is 0.154. The Morgan fingerprint density at radius 1 is 1.03 bits per heavy atom. The molecule has 0 radical (unpaired) electrons. The monoisotopic (exact) mass is 426 g/mol. The van der Waals surface area contributed by atoms with Crippen LogP contribution in [0.15, 0.2) is 78.9 Å². The van der Waals surface area contributed by atoms with Crippen molar-refractivity contribution in [3.05, 3.63) is 95.6 Å². The number of hydrogen-bond donors (Lipinski definition) is 2. The second kappa shape index (κ2) is 9.39. The zero-order valence-electron chi connectivity index (χ0n) is 18.2. The Morgan fingerprint density at radius 2 is 1.81 bits per heavy atom. The van der Waals surface area contributed by atoms with Crippen LogP contribution in [0.2, 0.25) is 0 Å².